The summed E-state index contributed by atoms with van der Waals surface area (Å²) in [5.74, 6) is 0.789. The summed E-state index contributed by atoms with van der Waals surface area (Å²) in [5, 5.41) is 20.0. The summed E-state index contributed by atoms with van der Waals surface area (Å²) in [4.78, 5) is 18.4. The van der Waals surface area contributed by atoms with Crippen LogP contribution in [0, 0.1) is 5.92 Å². The summed E-state index contributed by atoms with van der Waals surface area (Å²) < 4.78 is 5.80. The van der Waals surface area contributed by atoms with Crippen LogP contribution in [0.25, 0.3) is 11.2 Å². The first-order chi connectivity index (χ1) is 13.5. The van der Waals surface area contributed by atoms with Crippen molar-refractivity contribution in [2.75, 3.05) is 25.4 Å². The van der Waals surface area contributed by atoms with Gasteiger partial charge >= 0.3 is 0 Å². The van der Waals surface area contributed by atoms with E-state index in [1.807, 2.05) is 0 Å². The molecule has 1 amide bonds. The summed E-state index contributed by atoms with van der Waals surface area (Å²) >= 11 is 6.37. The number of anilines is 1. The molecule has 28 heavy (non-hydrogen) atoms. The molecule has 4 rings (SSSR count). The van der Waals surface area contributed by atoms with Crippen LogP contribution in [0.15, 0.2) is 24.3 Å². The fraction of sp³-hybridized carbons (Fsp3) is 0.333. The van der Waals surface area contributed by atoms with E-state index in [2.05, 4.69) is 20.4 Å². The van der Waals surface area contributed by atoms with Crippen LogP contribution in [0.1, 0.15) is 22.3 Å². The number of carbonyl (C=O) groups excluding carboxylic acids is 1. The molecule has 0 aliphatic carbocycles. The molecule has 0 bridgehead atoms. The number of likely N-dealkylation sites (tertiary alicyclic amines) is 1. The number of aliphatic hydroxyl groups is 1. The number of aromatic amines is 1. The number of H-pyrrole nitrogens is 1. The van der Waals surface area contributed by atoms with E-state index in [0.29, 0.717) is 40.6 Å². The van der Waals surface area contributed by atoms with Gasteiger partial charge in [0, 0.05) is 47.8 Å². The number of amides is 1. The van der Waals surface area contributed by atoms with Crippen LogP contribution < -0.4 is 10.5 Å². The molecule has 146 valence electrons. The van der Waals surface area contributed by atoms with E-state index >= 15 is 0 Å². The standard InChI is InChI=1S/C18H19ClN6O3/c19-13-5-11(18(27)25-4-3-10(7-25)8-26)1-2-12(13)9-28-14-6-15(20)21-17-16(14)22-24-23-17/h1-2,5-6,10,26H,3-4,7-9H2,(H3,20,21,22,23,24). The Labute approximate surface area is 165 Å². The van der Waals surface area contributed by atoms with Crippen LogP contribution in [0.2, 0.25) is 5.02 Å². The number of hydrogen-bond donors (Lipinski definition) is 3. The van der Waals surface area contributed by atoms with Crippen molar-refractivity contribution in [2.45, 2.75) is 13.0 Å². The Balaban J connectivity index is 1.47. The molecular weight excluding hydrogens is 384 g/mol. The topological polar surface area (TPSA) is 130 Å². The first-order valence-corrected chi connectivity index (χ1v) is 9.21. The molecule has 4 N–H and O–H groups in total. The van der Waals surface area contributed by atoms with Crippen molar-refractivity contribution in [1.82, 2.24) is 25.3 Å². The molecule has 10 heteroatoms. The number of nitrogens with one attached hydrogen (secondary N) is 1. The Kier molecular flexibility index (Phi) is 5.01. The molecule has 3 aromatic rings. The first kappa shape index (κ1) is 18.5. The minimum atomic E-state index is -0.0865. The second-order valence-electron chi connectivity index (χ2n) is 6.74. The number of benzene rings is 1. The lowest BCUT2D eigenvalue weighted by molar-refractivity contribution is 0.0782. The molecule has 2 aromatic heterocycles. The molecule has 1 saturated heterocycles. The van der Waals surface area contributed by atoms with Crippen LogP contribution in [0.4, 0.5) is 5.82 Å². The molecule has 1 aliphatic heterocycles. The fourth-order valence-electron chi connectivity index (χ4n) is 3.24. The number of rotatable bonds is 5. The van der Waals surface area contributed by atoms with E-state index in [4.69, 9.17) is 22.1 Å². The molecule has 9 nitrogen and oxygen atoms in total. The highest BCUT2D eigenvalue weighted by atomic mass is 35.5. The second-order valence-corrected chi connectivity index (χ2v) is 7.14. The van der Waals surface area contributed by atoms with Crippen molar-refractivity contribution in [1.29, 1.82) is 0 Å². The van der Waals surface area contributed by atoms with Crippen LogP contribution >= 0.6 is 11.6 Å². The van der Waals surface area contributed by atoms with Crippen molar-refractivity contribution in [3.8, 4) is 5.75 Å². The van der Waals surface area contributed by atoms with E-state index in [0.717, 1.165) is 12.0 Å². The predicted octanol–water partition coefficient (Wildman–Crippen LogP) is 1.62. The van der Waals surface area contributed by atoms with Crippen molar-refractivity contribution >= 4 is 34.5 Å². The number of pyridine rings is 1. The van der Waals surface area contributed by atoms with Gasteiger partial charge in [-0.1, -0.05) is 22.9 Å². The quantitative estimate of drug-likeness (QED) is 0.591. The number of halogens is 1. The summed E-state index contributed by atoms with van der Waals surface area (Å²) in [6, 6.07) is 6.70. The zero-order valence-corrected chi connectivity index (χ0v) is 15.7. The van der Waals surface area contributed by atoms with Gasteiger partial charge in [-0.2, -0.15) is 0 Å². The van der Waals surface area contributed by atoms with E-state index < -0.39 is 0 Å². The molecule has 0 spiro atoms. The number of nitrogen functional groups attached to an aromatic ring is 1. The van der Waals surface area contributed by atoms with Crippen LogP contribution in [0.5, 0.6) is 5.75 Å². The number of aliphatic hydroxyl groups excluding tert-OH is 1. The van der Waals surface area contributed by atoms with Gasteiger partial charge in [0.05, 0.1) is 0 Å². The maximum absolute atomic E-state index is 12.6. The Morgan fingerprint density at radius 3 is 3.04 bits per heavy atom. The summed E-state index contributed by atoms with van der Waals surface area (Å²) in [7, 11) is 0. The van der Waals surface area contributed by atoms with Gasteiger partial charge in [-0.3, -0.25) is 4.79 Å². The van der Waals surface area contributed by atoms with Crippen molar-refractivity contribution < 1.29 is 14.6 Å². The van der Waals surface area contributed by atoms with Crippen molar-refractivity contribution in [3.63, 3.8) is 0 Å². The third-order valence-electron chi connectivity index (χ3n) is 4.80. The maximum Gasteiger partial charge on any atom is 0.253 e. The first-order valence-electron chi connectivity index (χ1n) is 8.83. The molecule has 1 aliphatic rings. The van der Waals surface area contributed by atoms with Crippen molar-refractivity contribution in [3.05, 3.63) is 40.4 Å². The SMILES string of the molecule is Nc1cc(OCc2ccc(C(=O)N3CCC(CO)C3)cc2Cl)c2nn[nH]c2n1. The zero-order valence-electron chi connectivity index (χ0n) is 14.9. The minimum Gasteiger partial charge on any atom is -0.486 e. The van der Waals surface area contributed by atoms with E-state index in [-0.39, 0.29) is 30.9 Å². The van der Waals surface area contributed by atoms with Gasteiger partial charge < -0.3 is 20.5 Å². The van der Waals surface area contributed by atoms with Gasteiger partial charge in [0.15, 0.2) is 16.9 Å². The van der Waals surface area contributed by atoms with Gasteiger partial charge in [0.1, 0.15) is 12.4 Å². The molecular formula is C18H19ClN6O3. The average Bonchev–Trinajstić information content (AvgIpc) is 3.35. The van der Waals surface area contributed by atoms with Crippen LogP contribution in [-0.2, 0) is 6.61 Å². The highest BCUT2D eigenvalue weighted by molar-refractivity contribution is 6.31. The Morgan fingerprint density at radius 2 is 2.29 bits per heavy atom. The summed E-state index contributed by atoms with van der Waals surface area (Å²) in [6.45, 7) is 1.48. The summed E-state index contributed by atoms with van der Waals surface area (Å²) in [5.41, 5.74) is 7.92. The Bertz CT molecular complexity index is 1020. The lowest BCUT2D eigenvalue weighted by atomic mass is 10.1. The van der Waals surface area contributed by atoms with E-state index in [1.54, 1.807) is 29.2 Å². The molecule has 1 atom stereocenters. The number of ether oxygens (including phenoxy) is 1. The predicted molar refractivity (Wildman–Crippen MR) is 103 cm³/mol. The number of nitrogens with zero attached hydrogens (tertiary/aromatic N) is 4. The van der Waals surface area contributed by atoms with Gasteiger partial charge in [0.25, 0.3) is 5.91 Å². The third-order valence-corrected chi connectivity index (χ3v) is 5.15. The highest BCUT2D eigenvalue weighted by Gasteiger charge is 2.26. The number of carbonyl (C=O) groups is 1. The van der Waals surface area contributed by atoms with Crippen LogP contribution in [0.3, 0.4) is 0 Å². The lowest BCUT2D eigenvalue weighted by Gasteiger charge is -2.17. The number of nitrogens with two attached hydrogens (primary N) is 1. The lowest BCUT2D eigenvalue weighted by Crippen LogP contribution is -2.29. The summed E-state index contributed by atoms with van der Waals surface area (Å²) in [6.07, 6.45) is 0.813. The van der Waals surface area contributed by atoms with Gasteiger partial charge in [-0.25, -0.2) is 10.1 Å². The van der Waals surface area contributed by atoms with E-state index in [9.17, 15) is 9.90 Å². The van der Waals surface area contributed by atoms with Gasteiger partial charge in [-0.05, 0) is 18.6 Å². The van der Waals surface area contributed by atoms with Crippen LogP contribution in [-0.4, -0.2) is 56.0 Å². The number of aromatic nitrogens is 4. The average molecular weight is 403 g/mol. The molecule has 1 aromatic carbocycles. The largest absolute Gasteiger partial charge is 0.486 e. The molecule has 1 unspecified atom stereocenters. The molecule has 3 heterocycles. The second kappa shape index (κ2) is 7.61. The fourth-order valence-corrected chi connectivity index (χ4v) is 3.48. The monoisotopic (exact) mass is 402 g/mol. The highest BCUT2D eigenvalue weighted by Crippen LogP contribution is 2.26. The van der Waals surface area contributed by atoms with E-state index in [1.165, 1.54) is 0 Å². The molecule has 0 saturated carbocycles. The smallest absolute Gasteiger partial charge is 0.253 e. The minimum absolute atomic E-state index is 0.0865. The number of hydrogen-bond acceptors (Lipinski definition) is 7. The Hall–Kier alpha value is -2.91. The maximum atomic E-state index is 12.6. The third kappa shape index (κ3) is 3.58. The van der Waals surface area contributed by atoms with Crippen molar-refractivity contribution in [2.24, 2.45) is 5.92 Å². The molecule has 1 fully saturated rings. The van der Waals surface area contributed by atoms with Gasteiger partial charge in [0.2, 0.25) is 0 Å². The normalized spacial score (nSPS) is 16.6. The number of fused-ring (bicyclic) bond motifs is 1. The van der Waals surface area contributed by atoms with Gasteiger partial charge in [-0.15, -0.1) is 5.10 Å². The molecule has 0 radical (unpaired) electrons. The zero-order chi connectivity index (χ0) is 19.7. The Morgan fingerprint density at radius 1 is 1.43 bits per heavy atom.